The highest BCUT2D eigenvalue weighted by atomic mass is 16.6. The molecular formula is C17H28N2O3. The number of nitrogens with zero attached hydrogens (tertiary/aromatic N) is 2. The molecule has 0 aromatic rings. The van der Waals surface area contributed by atoms with Gasteiger partial charge < -0.3 is 14.4 Å². The van der Waals surface area contributed by atoms with Crippen LogP contribution in [0.15, 0.2) is 0 Å². The summed E-state index contributed by atoms with van der Waals surface area (Å²) in [7, 11) is 0. The standard InChI is InChI=1S/C17H28N2O3/c1-5-17(21-13-16(6-7-16)8-10-18)9-11-19(12-17)14(20)22-15(2,3)4/h5-9,11-13H2,1-4H3. The van der Waals surface area contributed by atoms with Crippen molar-refractivity contribution >= 4 is 6.09 Å². The van der Waals surface area contributed by atoms with E-state index in [9.17, 15) is 4.79 Å². The van der Waals surface area contributed by atoms with Crippen LogP contribution in [0, 0.1) is 16.7 Å². The molecule has 1 aliphatic carbocycles. The normalized spacial score (nSPS) is 26.6. The Bertz CT molecular complexity index is 460. The van der Waals surface area contributed by atoms with Crippen LogP contribution in [0.25, 0.3) is 0 Å². The predicted molar refractivity (Wildman–Crippen MR) is 83.3 cm³/mol. The number of hydrogen-bond donors (Lipinski definition) is 0. The van der Waals surface area contributed by atoms with Crippen LogP contribution in [-0.4, -0.2) is 41.9 Å². The van der Waals surface area contributed by atoms with Gasteiger partial charge in [0, 0.05) is 18.4 Å². The molecular weight excluding hydrogens is 280 g/mol. The van der Waals surface area contributed by atoms with Crippen LogP contribution in [0.5, 0.6) is 0 Å². The molecule has 0 aromatic heterocycles. The molecule has 1 amide bonds. The summed E-state index contributed by atoms with van der Waals surface area (Å²) in [5, 5.41) is 8.90. The van der Waals surface area contributed by atoms with Crippen molar-refractivity contribution in [1.82, 2.24) is 4.90 Å². The van der Waals surface area contributed by atoms with Crippen LogP contribution in [0.1, 0.15) is 59.8 Å². The molecule has 5 heteroatoms. The van der Waals surface area contributed by atoms with E-state index in [1.165, 1.54) is 0 Å². The average Bonchev–Trinajstić information content (AvgIpc) is 3.05. The Balaban J connectivity index is 1.90. The zero-order valence-corrected chi connectivity index (χ0v) is 14.3. The number of carbonyl (C=O) groups excluding carboxylic acids is 1. The minimum Gasteiger partial charge on any atom is -0.444 e. The highest BCUT2D eigenvalue weighted by Crippen LogP contribution is 2.49. The van der Waals surface area contributed by atoms with Crippen LogP contribution in [0.3, 0.4) is 0 Å². The molecule has 1 saturated carbocycles. The fourth-order valence-corrected chi connectivity index (χ4v) is 2.86. The maximum atomic E-state index is 12.2. The fourth-order valence-electron chi connectivity index (χ4n) is 2.86. The Hall–Kier alpha value is -1.28. The first-order valence-electron chi connectivity index (χ1n) is 8.22. The lowest BCUT2D eigenvalue weighted by Crippen LogP contribution is -2.41. The lowest BCUT2D eigenvalue weighted by Gasteiger charge is -2.31. The number of rotatable bonds is 5. The van der Waals surface area contributed by atoms with Gasteiger partial charge in [-0.2, -0.15) is 5.26 Å². The molecule has 1 saturated heterocycles. The minimum atomic E-state index is -0.472. The molecule has 5 nitrogen and oxygen atoms in total. The van der Waals surface area contributed by atoms with Crippen LogP contribution in [0.2, 0.25) is 0 Å². The number of nitriles is 1. The zero-order valence-electron chi connectivity index (χ0n) is 14.3. The topological polar surface area (TPSA) is 62.6 Å². The quantitative estimate of drug-likeness (QED) is 0.780. The fraction of sp³-hybridized carbons (Fsp3) is 0.882. The first-order chi connectivity index (χ1) is 10.2. The molecule has 1 heterocycles. The van der Waals surface area contributed by atoms with Crippen LogP contribution < -0.4 is 0 Å². The molecule has 2 aliphatic rings. The van der Waals surface area contributed by atoms with Gasteiger partial charge in [-0.25, -0.2) is 4.79 Å². The van der Waals surface area contributed by atoms with Crippen molar-refractivity contribution in [1.29, 1.82) is 5.26 Å². The molecule has 0 N–H and O–H groups in total. The third kappa shape index (κ3) is 4.13. The molecule has 1 unspecified atom stereocenters. The first-order valence-corrected chi connectivity index (χ1v) is 8.22. The largest absolute Gasteiger partial charge is 0.444 e. The SMILES string of the molecule is CCC1(OCC2(CC#N)CC2)CCN(C(=O)OC(C)(C)C)C1. The zero-order chi connectivity index (χ0) is 16.4. The third-order valence-corrected chi connectivity index (χ3v) is 4.71. The summed E-state index contributed by atoms with van der Waals surface area (Å²) in [6.45, 7) is 9.63. The van der Waals surface area contributed by atoms with Gasteiger partial charge in [0.2, 0.25) is 0 Å². The first kappa shape index (κ1) is 17.1. The third-order valence-electron chi connectivity index (χ3n) is 4.71. The van der Waals surface area contributed by atoms with E-state index >= 15 is 0 Å². The van der Waals surface area contributed by atoms with E-state index < -0.39 is 5.60 Å². The summed E-state index contributed by atoms with van der Waals surface area (Å²) < 4.78 is 11.7. The molecule has 1 aliphatic heterocycles. The maximum absolute atomic E-state index is 12.2. The van der Waals surface area contributed by atoms with E-state index in [2.05, 4.69) is 13.0 Å². The summed E-state index contributed by atoms with van der Waals surface area (Å²) in [6.07, 6.45) is 4.18. The number of likely N-dealkylation sites (tertiary alicyclic amines) is 1. The average molecular weight is 308 g/mol. The van der Waals surface area contributed by atoms with E-state index in [0.717, 1.165) is 25.7 Å². The van der Waals surface area contributed by atoms with Gasteiger partial charge in [-0.15, -0.1) is 0 Å². The second-order valence-corrected chi connectivity index (χ2v) is 7.81. The van der Waals surface area contributed by atoms with Crippen LogP contribution >= 0.6 is 0 Å². The van der Waals surface area contributed by atoms with Gasteiger partial charge in [0.05, 0.1) is 24.8 Å². The molecule has 0 spiro atoms. The molecule has 0 bridgehead atoms. The van der Waals surface area contributed by atoms with Gasteiger partial charge in [0.15, 0.2) is 0 Å². The maximum Gasteiger partial charge on any atom is 0.410 e. The van der Waals surface area contributed by atoms with Crippen molar-refractivity contribution in [2.45, 2.75) is 71.0 Å². The minimum absolute atomic E-state index is 0.0796. The number of hydrogen-bond acceptors (Lipinski definition) is 4. The van der Waals surface area contributed by atoms with Crippen molar-refractivity contribution in [3.8, 4) is 6.07 Å². The summed E-state index contributed by atoms with van der Waals surface area (Å²) >= 11 is 0. The van der Waals surface area contributed by atoms with Gasteiger partial charge in [0.1, 0.15) is 5.60 Å². The van der Waals surface area contributed by atoms with E-state index in [1.807, 2.05) is 20.8 Å². The van der Waals surface area contributed by atoms with Crippen molar-refractivity contribution in [3.63, 3.8) is 0 Å². The summed E-state index contributed by atoms with van der Waals surface area (Å²) in [6, 6.07) is 2.26. The van der Waals surface area contributed by atoms with Crippen molar-refractivity contribution < 1.29 is 14.3 Å². The van der Waals surface area contributed by atoms with Crippen molar-refractivity contribution in [2.24, 2.45) is 5.41 Å². The summed E-state index contributed by atoms with van der Waals surface area (Å²) in [5.74, 6) is 0. The van der Waals surface area contributed by atoms with Crippen LogP contribution in [0.4, 0.5) is 4.79 Å². The summed E-state index contributed by atoms with van der Waals surface area (Å²) in [4.78, 5) is 13.9. The molecule has 2 fully saturated rings. The van der Waals surface area contributed by atoms with Gasteiger partial charge in [-0.3, -0.25) is 0 Å². The van der Waals surface area contributed by atoms with Crippen molar-refractivity contribution in [2.75, 3.05) is 19.7 Å². The second-order valence-electron chi connectivity index (χ2n) is 7.81. The smallest absolute Gasteiger partial charge is 0.410 e. The Morgan fingerprint density at radius 2 is 2.00 bits per heavy atom. The summed E-state index contributed by atoms with van der Waals surface area (Å²) in [5.41, 5.74) is -0.668. The Kier molecular flexibility index (Phi) is 4.72. The molecule has 1 atom stereocenters. The Morgan fingerprint density at radius 1 is 1.32 bits per heavy atom. The molecule has 2 rings (SSSR count). The van der Waals surface area contributed by atoms with E-state index in [0.29, 0.717) is 26.1 Å². The van der Waals surface area contributed by atoms with Crippen LogP contribution in [-0.2, 0) is 9.47 Å². The van der Waals surface area contributed by atoms with E-state index in [4.69, 9.17) is 14.7 Å². The monoisotopic (exact) mass is 308 g/mol. The lowest BCUT2D eigenvalue weighted by atomic mass is 9.98. The van der Waals surface area contributed by atoms with Crippen molar-refractivity contribution in [3.05, 3.63) is 0 Å². The second kappa shape index (κ2) is 6.08. The molecule has 124 valence electrons. The van der Waals surface area contributed by atoms with E-state index in [1.54, 1.807) is 4.90 Å². The predicted octanol–water partition coefficient (Wildman–Crippen LogP) is 3.49. The molecule has 22 heavy (non-hydrogen) atoms. The van der Waals surface area contributed by atoms with Gasteiger partial charge in [-0.05, 0) is 46.5 Å². The lowest BCUT2D eigenvalue weighted by molar-refractivity contribution is -0.0610. The Labute approximate surface area is 133 Å². The number of carbonyl (C=O) groups is 1. The molecule has 0 aromatic carbocycles. The number of ether oxygens (including phenoxy) is 2. The van der Waals surface area contributed by atoms with Gasteiger partial charge in [0.25, 0.3) is 0 Å². The van der Waals surface area contributed by atoms with Gasteiger partial charge in [-0.1, -0.05) is 6.92 Å². The highest BCUT2D eigenvalue weighted by Gasteiger charge is 2.47. The van der Waals surface area contributed by atoms with E-state index in [-0.39, 0.29) is 17.1 Å². The molecule has 0 radical (unpaired) electrons. The Morgan fingerprint density at radius 3 is 2.50 bits per heavy atom. The highest BCUT2D eigenvalue weighted by molar-refractivity contribution is 5.68. The number of amides is 1. The van der Waals surface area contributed by atoms with Gasteiger partial charge >= 0.3 is 6.09 Å².